The van der Waals surface area contributed by atoms with Crippen LogP contribution in [0.25, 0.3) is 0 Å². The van der Waals surface area contributed by atoms with Gasteiger partial charge in [0.05, 0.1) is 16.8 Å². The third-order valence-electron chi connectivity index (χ3n) is 3.79. The Hall–Kier alpha value is -3.23. The molecule has 3 rings (SSSR count). The van der Waals surface area contributed by atoms with Gasteiger partial charge in [-0.2, -0.15) is 0 Å². The normalized spacial score (nSPS) is 21.8. The number of carbonyl (C=O) groups is 3. The third-order valence-corrected chi connectivity index (χ3v) is 3.79. The van der Waals surface area contributed by atoms with E-state index in [1.165, 1.54) is 24.3 Å². The van der Waals surface area contributed by atoms with E-state index in [1.807, 2.05) is 0 Å². The maximum absolute atomic E-state index is 12.0. The van der Waals surface area contributed by atoms with Gasteiger partial charge in [0.25, 0.3) is 17.5 Å². The summed E-state index contributed by atoms with van der Waals surface area (Å²) in [6.45, 7) is -0.210. The fourth-order valence-corrected chi connectivity index (χ4v) is 2.52. The van der Waals surface area contributed by atoms with Gasteiger partial charge in [0, 0.05) is 12.1 Å². The third kappa shape index (κ3) is 2.96. The number of benzene rings is 1. The average Bonchev–Trinajstić information content (AvgIpc) is 3.03. The lowest BCUT2D eigenvalue weighted by Gasteiger charge is -2.27. The second-order valence-corrected chi connectivity index (χ2v) is 5.36. The van der Waals surface area contributed by atoms with Gasteiger partial charge in [-0.25, -0.2) is 4.79 Å². The fraction of sp³-hybridized carbons (Fsp3) is 0.267. The molecule has 1 aliphatic carbocycles. The van der Waals surface area contributed by atoms with Gasteiger partial charge in [0.15, 0.2) is 0 Å². The molecule has 9 nitrogen and oxygen atoms in total. The largest absolute Gasteiger partial charge is 0.534 e. The van der Waals surface area contributed by atoms with Crippen molar-refractivity contribution in [2.75, 3.05) is 0 Å². The first-order valence-corrected chi connectivity index (χ1v) is 7.10. The lowest BCUT2D eigenvalue weighted by atomic mass is 9.97. The molecule has 9 heteroatoms. The van der Waals surface area contributed by atoms with Crippen LogP contribution in [-0.4, -0.2) is 28.0 Å². The van der Waals surface area contributed by atoms with Crippen LogP contribution in [0.15, 0.2) is 36.4 Å². The summed E-state index contributed by atoms with van der Waals surface area (Å²) in [6.07, 6.45) is 2.44. The van der Waals surface area contributed by atoms with E-state index in [0.717, 1.165) is 0 Å². The first-order chi connectivity index (χ1) is 11.5. The number of rotatable bonds is 4. The number of amides is 2. The van der Waals surface area contributed by atoms with Crippen molar-refractivity contribution in [3.05, 3.63) is 52.1 Å². The first-order valence-electron chi connectivity index (χ1n) is 7.10. The summed E-state index contributed by atoms with van der Waals surface area (Å²) in [5.74, 6) is -2.13. The molecule has 2 unspecified atom stereocenters. The van der Waals surface area contributed by atoms with Crippen molar-refractivity contribution >= 4 is 23.7 Å². The molecule has 1 saturated heterocycles. The Kier molecular flexibility index (Phi) is 3.98. The molecule has 1 heterocycles. The maximum Gasteiger partial charge on any atom is 0.534 e. The van der Waals surface area contributed by atoms with E-state index in [2.05, 4.69) is 0 Å². The summed E-state index contributed by atoms with van der Waals surface area (Å²) >= 11 is 0. The van der Waals surface area contributed by atoms with Gasteiger partial charge in [-0.3, -0.25) is 24.5 Å². The van der Waals surface area contributed by atoms with Gasteiger partial charge in [0.1, 0.15) is 6.61 Å². The molecule has 2 aliphatic rings. The monoisotopic (exact) mass is 332 g/mol. The van der Waals surface area contributed by atoms with Gasteiger partial charge in [-0.05, 0) is 24.1 Å². The minimum absolute atomic E-state index is 0.0891. The number of hydrogen-bond acceptors (Lipinski definition) is 7. The minimum Gasteiger partial charge on any atom is -0.428 e. The highest BCUT2D eigenvalue weighted by atomic mass is 16.8. The molecule has 2 bridgehead atoms. The molecule has 1 aliphatic heterocycles. The summed E-state index contributed by atoms with van der Waals surface area (Å²) in [5, 5.41) is 11.0. The molecule has 24 heavy (non-hydrogen) atoms. The van der Waals surface area contributed by atoms with Crippen LogP contribution in [0.1, 0.15) is 12.0 Å². The smallest absolute Gasteiger partial charge is 0.428 e. The molecule has 0 radical (unpaired) electrons. The molecule has 0 spiro atoms. The topological polar surface area (TPSA) is 116 Å². The number of ether oxygens (including phenoxy) is 1. The highest BCUT2D eigenvalue weighted by molar-refractivity contribution is 6.02. The SMILES string of the molecule is O=C(OCc1ccc([N+](=O)[O-])cc1)ON1C(=O)C2C=CC(C2)C1=O. The molecule has 2 atom stereocenters. The molecule has 1 fully saturated rings. The Bertz CT molecular complexity index is 717. The molecule has 0 saturated carbocycles. The highest BCUT2D eigenvalue weighted by Gasteiger charge is 2.44. The van der Waals surface area contributed by atoms with E-state index in [1.54, 1.807) is 12.2 Å². The van der Waals surface area contributed by atoms with Crippen molar-refractivity contribution in [3.63, 3.8) is 0 Å². The van der Waals surface area contributed by atoms with E-state index in [0.29, 0.717) is 17.0 Å². The van der Waals surface area contributed by atoms with Gasteiger partial charge in [-0.15, -0.1) is 0 Å². The summed E-state index contributed by atoms with van der Waals surface area (Å²) < 4.78 is 4.82. The van der Waals surface area contributed by atoms with Crippen LogP contribution in [0.5, 0.6) is 0 Å². The van der Waals surface area contributed by atoms with Crippen LogP contribution in [0.2, 0.25) is 0 Å². The number of hydroxylamine groups is 2. The Morgan fingerprint density at radius 1 is 1.17 bits per heavy atom. The number of piperidine rings is 1. The van der Waals surface area contributed by atoms with Crippen molar-refractivity contribution in [2.45, 2.75) is 13.0 Å². The zero-order valence-corrected chi connectivity index (χ0v) is 12.3. The zero-order chi connectivity index (χ0) is 17.3. The van der Waals surface area contributed by atoms with E-state index in [4.69, 9.17) is 9.57 Å². The van der Waals surface area contributed by atoms with Crippen molar-refractivity contribution in [1.82, 2.24) is 5.06 Å². The van der Waals surface area contributed by atoms with Gasteiger partial charge < -0.3 is 4.74 Å². The molecule has 124 valence electrons. The first kappa shape index (κ1) is 15.7. The van der Waals surface area contributed by atoms with Crippen molar-refractivity contribution in [3.8, 4) is 0 Å². The van der Waals surface area contributed by atoms with E-state index in [9.17, 15) is 24.5 Å². The van der Waals surface area contributed by atoms with Crippen LogP contribution in [0.3, 0.4) is 0 Å². The van der Waals surface area contributed by atoms with E-state index in [-0.39, 0.29) is 12.3 Å². The number of hydrogen-bond donors (Lipinski definition) is 0. The minimum atomic E-state index is -1.20. The number of nitro groups is 1. The number of fused-ring (bicyclic) bond motifs is 2. The van der Waals surface area contributed by atoms with Crippen LogP contribution in [-0.2, 0) is 25.8 Å². The average molecular weight is 332 g/mol. The van der Waals surface area contributed by atoms with E-state index >= 15 is 0 Å². The molecule has 1 aromatic carbocycles. The Morgan fingerprint density at radius 3 is 2.29 bits per heavy atom. The predicted molar refractivity (Wildman–Crippen MR) is 77.0 cm³/mol. The molecular formula is C15H12N2O7. The quantitative estimate of drug-likeness (QED) is 0.271. The van der Waals surface area contributed by atoms with Crippen molar-refractivity contribution < 1.29 is 28.9 Å². The summed E-state index contributed by atoms with van der Waals surface area (Å²) in [7, 11) is 0. The second-order valence-electron chi connectivity index (χ2n) is 5.36. The van der Waals surface area contributed by atoms with Crippen LogP contribution < -0.4 is 0 Å². The zero-order valence-electron chi connectivity index (χ0n) is 12.3. The number of nitrogens with zero attached hydrogens (tertiary/aromatic N) is 2. The van der Waals surface area contributed by atoms with Crippen molar-refractivity contribution in [1.29, 1.82) is 0 Å². The molecular weight excluding hydrogens is 320 g/mol. The number of non-ortho nitro benzene ring substituents is 1. The van der Waals surface area contributed by atoms with E-state index < -0.39 is 34.7 Å². The number of carbonyl (C=O) groups excluding carboxylic acids is 3. The van der Waals surface area contributed by atoms with Gasteiger partial charge in [0.2, 0.25) is 0 Å². The Balaban J connectivity index is 1.55. The maximum atomic E-state index is 12.0. The highest BCUT2D eigenvalue weighted by Crippen LogP contribution is 2.32. The van der Waals surface area contributed by atoms with Crippen LogP contribution in [0.4, 0.5) is 10.5 Å². The summed E-state index contributed by atoms with van der Waals surface area (Å²) in [4.78, 5) is 50.3. The molecule has 1 aromatic rings. The lowest BCUT2D eigenvalue weighted by molar-refractivity contribution is -0.384. The van der Waals surface area contributed by atoms with Gasteiger partial charge >= 0.3 is 6.16 Å². The Labute approximate surface area is 135 Å². The summed E-state index contributed by atoms with van der Waals surface area (Å²) in [6, 6.07) is 5.38. The molecule has 0 N–H and O–H groups in total. The Morgan fingerprint density at radius 2 is 1.75 bits per heavy atom. The molecule has 0 aromatic heterocycles. The predicted octanol–water partition coefficient (Wildman–Crippen LogP) is 1.72. The van der Waals surface area contributed by atoms with Crippen LogP contribution >= 0.6 is 0 Å². The van der Waals surface area contributed by atoms with Crippen molar-refractivity contribution in [2.24, 2.45) is 11.8 Å². The van der Waals surface area contributed by atoms with Crippen LogP contribution in [0, 0.1) is 22.0 Å². The lowest BCUT2D eigenvalue weighted by Crippen LogP contribution is -2.47. The van der Waals surface area contributed by atoms with Gasteiger partial charge in [-0.1, -0.05) is 17.2 Å². The molecule has 2 amide bonds. The number of imide groups is 1. The second kappa shape index (κ2) is 6.11. The summed E-state index contributed by atoms with van der Waals surface area (Å²) in [5.41, 5.74) is 0.407. The fourth-order valence-electron chi connectivity index (χ4n) is 2.52. The number of nitro benzene ring substituents is 1. The standard InChI is InChI=1S/C15H12N2O7/c18-13-10-3-4-11(7-10)14(19)16(13)24-15(20)23-8-9-1-5-12(6-2-9)17(21)22/h1-6,10-11H,7-8H2.